The lowest BCUT2D eigenvalue weighted by Gasteiger charge is -2.26. The van der Waals surface area contributed by atoms with E-state index >= 15 is 0 Å². The van der Waals surface area contributed by atoms with E-state index in [1.807, 2.05) is 0 Å². The van der Waals surface area contributed by atoms with E-state index in [0.717, 1.165) is 12.1 Å². The van der Waals surface area contributed by atoms with Crippen LogP contribution < -0.4 is 0 Å². The van der Waals surface area contributed by atoms with E-state index < -0.39 is 28.6 Å². The van der Waals surface area contributed by atoms with Crippen molar-refractivity contribution in [2.45, 2.75) is 32.8 Å². The van der Waals surface area contributed by atoms with Crippen molar-refractivity contribution in [1.82, 2.24) is 0 Å². The highest BCUT2D eigenvalue weighted by molar-refractivity contribution is 6.02. The van der Waals surface area contributed by atoms with E-state index in [4.69, 9.17) is 4.74 Å². The Bertz CT molecular complexity index is 398. The molecule has 0 aliphatic rings. The van der Waals surface area contributed by atoms with Crippen LogP contribution in [0.1, 0.15) is 37.6 Å². The zero-order valence-corrected chi connectivity index (χ0v) is 10.2. The van der Waals surface area contributed by atoms with Crippen molar-refractivity contribution in [1.29, 1.82) is 0 Å². The third-order valence-corrected chi connectivity index (χ3v) is 2.81. The van der Waals surface area contributed by atoms with Crippen molar-refractivity contribution in [2.75, 3.05) is 6.61 Å². The Hall–Kier alpha value is -1.29. The first-order valence-corrected chi connectivity index (χ1v) is 5.59. The second kappa shape index (κ2) is 5.36. The molecule has 0 bridgehead atoms. The average molecular weight is 242 g/mol. The molecule has 0 aromatic heterocycles. The zero-order valence-electron chi connectivity index (χ0n) is 10.2. The Balaban J connectivity index is 3.19. The first-order chi connectivity index (χ1) is 7.96. The highest BCUT2D eigenvalue weighted by Gasteiger charge is 2.35. The highest BCUT2D eigenvalue weighted by atomic mass is 19.1. The number of carbonyl (C=O) groups excluding carboxylic acids is 1. The van der Waals surface area contributed by atoms with Crippen molar-refractivity contribution in [3.05, 3.63) is 35.4 Å². The lowest BCUT2D eigenvalue weighted by Crippen LogP contribution is -2.39. The molecule has 1 aromatic rings. The van der Waals surface area contributed by atoms with E-state index in [9.17, 15) is 13.6 Å². The molecule has 0 N–H and O–H groups in total. The van der Waals surface area contributed by atoms with Crippen LogP contribution in [0.4, 0.5) is 8.78 Å². The van der Waals surface area contributed by atoms with E-state index in [0.29, 0.717) is 13.0 Å². The highest BCUT2D eigenvalue weighted by Crippen LogP contribution is 2.24. The maximum absolute atomic E-state index is 13.5. The molecule has 0 saturated carbocycles. The molecule has 0 aliphatic heterocycles. The van der Waals surface area contributed by atoms with Crippen LogP contribution in [0.3, 0.4) is 0 Å². The van der Waals surface area contributed by atoms with Gasteiger partial charge in [-0.2, -0.15) is 0 Å². The van der Waals surface area contributed by atoms with Gasteiger partial charge in [0.25, 0.3) is 0 Å². The minimum Gasteiger partial charge on any atom is -0.367 e. The Kier molecular flexibility index (Phi) is 4.34. The molecule has 0 amide bonds. The number of hydrogen-bond acceptors (Lipinski definition) is 2. The van der Waals surface area contributed by atoms with Crippen LogP contribution >= 0.6 is 0 Å². The van der Waals surface area contributed by atoms with Gasteiger partial charge >= 0.3 is 0 Å². The van der Waals surface area contributed by atoms with Gasteiger partial charge in [-0.05, 0) is 32.4 Å². The predicted octanol–water partition coefficient (Wildman–Crippen LogP) is 3.35. The van der Waals surface area contributed by atoms with Crippen LogP contribution in [0.25, 0.3) is 0 Å². The first kappa shape index (κ1) is 13.8. The second-order valence-electron chi connectivity index (χ2n) is 3.94. The lowest BCUT2D eigenvalue weighted by atomic mass is 9.91. The number of rotatable bonds is 5. The molecule has 1 aromatic carbocycles. The van der Waals surface area contributed by atoms with Gasteiger partial charge < -0.3 is 4.74 Å². The van der Waals surface area contributed by atoms with Gasteiger partial charge in [-0.25, -0.2) is 8.78 Å². The van der Waals surface area contributed by atoms with Gasteiger partial charge in [0.15, 0.2) is 5.78 Å². The molecular formula is C13H16F2O2. The molecule has 4 heteroatoms. The summed E-state index contributed by atoms with van der Waals surface area (Å²) in [6.07, 6.45) is 0.355. The van der Waals surface area contributed by atoms with Crippen molar-refractivity contribution >= 4 is 5.78 Å². The van der Waals surface area contributed by atoms with E-state index in [1.54, 1.807) is 20.8 Å². The molecule has 0 spiro atoms. The Labute approximate surface area is 99.6 Å². The predicted molar refractivity (Wildman–Crippen MR) is 61.0 cm³/mol. The fourth-order valence-corrected chi connectivity index (χ4v) is 1.63. The molecule has 1 rings (SSSR count). The molecular weight excluding hydrogens is 226 g/mol. The van der Waals surface area contributed by atoms with Crippen molar-refractivity contribution in [3.8, 4) is 0 Å². The minimum atomic E-state index is -1.18. The molecule has 94 valence electrons. The largest absolute Gasteiger partial charge is 0.367 e. The summed E-state index contributed by atoms with van der Waals surface area (Å²) in [4.78, 5) is 12.1. The van der Waals surface area contributed by atoms with Gasteiger partial charge in [0.05, 0.1) is 5.56 Å². The van der Waals surface area contributed by atoms with E-state index in [1.165, 1.54) is 6.07 Å². The molecule has 2 nitrogen and oxygen atoms in total. The normalized spacial score (nSPS) is 14.4. The molecule has 0 aliphatic carbocycles. The summed E-state index contributed by atoms with van der Waals surface area (Å²) < 4.78 is 32.3. The SMILES string of the molecule is CCOC(C)(CC)C(=O)c1c(F)cccc1F. The van der Waals surface area contributed by atoms with Gasteiger partial charge in [0, 0.05) is 6.61 Å². The van der Waals surface area contributed by atoms with Crippen LogP contribution in [0, 0.1) is 11.6 Å². The number of hydrogen-bond donors (Lipinski definition) is 0. The quantitative estimate of drug-likeness (QED) is 0.740. The Morgan fingerprint density at radius 1 is 1.29 bits per heavy atom. The van der Waals surface area contributed by atoms with Crippen molar-refractivity contribution in [3.63, 3.8) is 0 Å². The molecule has 1 atom stereocenters. The maximum Gasteiger partial charge on any atom is 0.200 e. The smallest absolute Gasteiger partial charge is 0.200 e. The van der Waals surface area contributed by atoms with Gasteiger partial charge in [-0.1, -0.05) is 13.0 Å². The summed E-state index contributed by atoms with van der Waals surface area (Å²) in [7, 11) is 0. The maximum atomic E-state index is 13.5. The van der Waals surface area contributed by atoms with Crippen LogP contribution in [0.2, 0.25) is 0 Å². The summed E-state index contributed by atoms with van der Waals surface area (Å²) >= 11 is 0. The number of carbonyl (C=O) groups is 1. The standard InChI is InChI=1S/C13H16F2O2/c1-4-13(3,17-5-2)12(16)11-9(14)7-6-8-10(11)15/h6-8H,4-5H2,1-3H3. The fourth-order valence-electron chi connectivity index (χ4n) is 1.63. The Morgan fingerprint density at radius 3 is 2.24 bits per heavy atom. The van der Waals surface area contributed by atoms with Gasteiger partial charge in [0.1, 0.15) is 17.2 Å². The lowest BCUT2D eigenvalue weighted by molar-refractivity contribution is -0.0121. The van der Waals surface area contributed by atoms with Crippen molar-refractivity contribution < 1.29 is 18.3 Å². The number of Topliss-reactive ketones (excluding diaryl/α,β-unsaturated/α-hetero) is 1. The molecule has 1 unspecified atom stereocenters. The van der Waals surface area contributed by atoms with E-state index in [-0.39, 0.29) is 0 Å². The topological polar surface area (TPSA) is 26.3 Å². The third-order valence-electron chi connectivity index (χ3n) is 2.81. The fraction of sp³-hybridized carbons (Fsp3) is 0.462. The summed E-state index contributed by atoms with van der Waals surface area (Å²) in [6.45, 7) is 5.34. The van der Waals surface area contributed by atoms with Crippen LogP contribution in [-0.4, -0.2) is 18.0 Å². The summed E-state index contributed by atoms with van der Waals surface area (Å²) in [5.41, 5.74) is -1.71. The molecule has 0 radical (unpaired) electrons. The van der Waals surface area contributed by atoms with Crippen LogP contribution in [0.5, 0.6) is 0 Å². The number of benzene rings is 1. The monoisotopic (exact) mass is 242 g/mol. The van der Waals surface area contributed by atoms with Crippen LogP contribution in [0.15, 0.2) is 18.2 Å². The number of ketones is 1. The summed E-state index contributed by atoms with van der Waals surface area (Å²) in [5, 5.41) is 0. The second-order valence-corrected chi connectivity index (χ2v) is 3.94. The molecule has 0 heterocycles. The van der Waals surface area contributed by atoms with Gasteiger partial charge in [0.2, 0.25) is 0 Å². The Morgan fingerprint density at radius 2 is 1.82 bits per heavy atom. The first-order valence-electron chi connectivity index (χ1n) is 5.59. The summed E-state index contributed by atoms with van der Waals surface area (Å²) in [6, 6.07) is 3.36. The number of ether oxygens (including phenoxy) is 1. The minimum absolute atomic E-state index is 0.312. The molecule has 0 saturated heterocycles. The molecule has 17 heavy (non-hydrogen) atoms. The average Bonchev–Trinajstić information content (AvgIpc) is 2.28. The number of halogens is 2. The van der Waals surface area contributed by atoms with Crippen LogP contribution in [-0.2, 0) is 4.74 Å². The molecule has 0 fully saturated rings. The summed E-state index contributed by atoms with van der Waals surface area (Å²) in [5.74, 6) is -2.36. The zero-order chi connectivity index (χ0) is 13.1. The van der Waals surface area contributed by atoms with E-state index in [2.05, 4.69) is 0 Å². The third kappa shape index (κ3) is 2.69. The van der Waals surface area contributed by atoms with Gasteiger partial charge in [-0.3, -0.25) is 4.79 Å². The van der Waals surface area contributed by atoms with Crippen molar-refractivity contribution in [2.24, 2.45) is 0 Å². The van der Waals surface area contributed by atoms with Gasteiger partial charge in [-0.15, -0.1) is 0 Å².